The first-order valence-corrected chi connectivity index (χ1v) is 10.9. The van der Waals surface area contributed by atoms with Crippen LogP contribution in [0.25, 0.3) is 0 Å². The molecule has 0 amide bonds. The number of aromatic nitrogens is 1. The maximum atomic E-state index is 13.3. The topological polar surface area (TPSA) is 83.6 Å². The van der Waals surface area contributed by atoms with E-state index in [4.69, 9.17) is 4.74 Å². The van der Waals surface area contributed by atoms with Crippen molar-refractivity contribution in [1.82, 2.24) is 9.88 Å². The average Bonchev–Trinajstić information content (AvgIpc) is 3.55. The van der Waals surface area contributed by atoms with Gasteiger partial charge in [0.2, 0.25) is 0 Å². The number of rotatable bonds is 7. The van der Waals surface area contributed by atoms with Crippen molar-refractivity contribution in [1.29, 1.82) is 0 Å². The number of anilines is 2. The molecule has 10 heteroatoms. The first-order chi connectivity index (χ1) is 13.9. The number of benzene rings is 1. The van der Waals surface area contributed by atoms with Gasteiger partial charge in [0.25, 0.3) is 10.0 Å². The van der Waals surface area contributed by atoms with Crippen molar-refractivity contribution in [3.63, 3.8) is 0 Å². The minimum absolute atomic E-state index is 0.0598. The summed E-state index contributed by atoms with van der Waals surface area (Å²) < 4.78 is 59.1. The first-order valence-electron chi connectivity index (χ1n) is 9.44. The molecule has 0 spiro atoms. The van der Waals surface area contributed by atoms with E-state index < -0.39 is 21.7 Å². The van der Waals surface area contributed by atoms with E-state index in [0.717, 1.165) is 31.3 Å². The number of morpholine rings is 1. The normalized spacial score (nSPS) is 20.4. The van der Waals surface area contributed by atoms with Crippen molar-refractivity contribution in [2.45, 2.75) is 29.9 Å². The fourth-order valence-corrected chi connectivity index (χ4v) is 4.27. The van der Waals surface area contributed by atoms with Crippen molar-refractivity contribution in [2.24, 2.45) is 0 Å². The Morgan fingerprint density at radius 2 is 2.00 bits per heavy atom. The zero-order valence-corrected chi connectivity index (χ0v) is 16.5. The Kier molecular flexibility index (Phi) is 5.66. The predicted octanol–water partition coefficient (Wildman–Crippen LogP) is 2.44. The van der Waals surface area contributed by atoms with Gasteiger partial charge < -0.3 is 10.1 Å². The molecule has 0 bridgehead atoms. The van der Waals surface area contributed by atoms with Crippen molar-refractivity contribution in [2.75, 3.05) is 36.3 Å². The van der Waals surface area contributed by atoms with Crippen LogP contribution in [0.3, 0.4) is 0 Å². The predicted molar refractivity (Wildman–Crippen MR) is 104 cm³/mol. The zero-order chi connectivity index (χ0) is 20.4. The lowest BCUT2D eigenvalue weighted by molar-refractivity contribution is -0.0241. The molecule has 1 atom stereocenters. The Morgan fingerprint density at radius 1 is 1.17 bits per heavy atom. The third-order valence-corrected chi connectivity index (χ3v) is 6.33. The lowest BCUT2D eigenvalue weighted by Gasteiger charge is -2.33. The molecule has 2 heterocycles. The molecule has 1 aromatic carbocycles. The Labute approximate surface area is 168 Å². The lowest BCUT2D eigenvalue weighted by Crippen LogP contribution is -2.46. The zero-order valence-electron chi connectivity index (χ0n) is 15.6. The van der Waals surface area contributed by atoms with Gasteiger partial charge in [0.05, 0.1) is 18.4 Å². The second-order valence-corrected chi connectivity index (χ2v) is 8.90. The van der Waals surface area contributed by atoms with Crippen LogP contribution in [0.2, 0.25) is 0 Å². The second-order valence-electron chi connectivity index (χ2n) is 7.21. The van der Waals surface area contributed by atoms with Crippen LogP contribution in [0.1, 0.15) is 12.8 Å². The number of sulfonamides is 1. The molecule has 156 valence electrons. The molecule has 2 fully saturated rings. The Balaban J connectivity index is 1.34. The molecule has 1 aromatic heterocycles. The molecule has 2 aliphatic rings. The second kappa shape index (κ2) is 8.21. The molecular weight excluding hydrogens is 402 g/mol. The first kappa shape index (κ1) is 20.0. The largest absolute Gasteiger partial charge is 0.374 e. The molecular formula is C19H22F2N4O3S. The molecule has 1 saturated carbocycles. The Hall–Kier alpha value is -2.30. The fraction of sp³-hybridized carbons (Fsp3) is 0.421. The molecule has 1 aliphatic heterocycles. The van der Waals surface area contributed by atoms with Crippen LogP contribution in [0.4, 0.5) is 20.3 Å². The lowest BCUT2D eigenvalue weighted by atomic mass is 10.2. The maximum absolute atomic E-state index is 13.3. The summed E-state index contributed by atoms with van der Waals surface area (Å²) in [6.07, 6.45) is 3.79. The highest BCUT2D eigenvalue weighted by Crippen LogP contribution is 2.28. The van der Waals surface area contributed by atoms with E-state index in [2.05, 4.69) is 19.9 Å². The highest BCUT2D eigenvalue weighted by molar-refractivity contribution is 7.92. The summed E-state index contributed by atoms with van der Waals surface area (Å²) in [5.41, 5.74) is -0.0687. The van der Waals surface area contributed by atoms with Crippen LogP contribution in [0.5, 0.6) is 0 Å². The molecule has 0 radical (unpaired) electrons. The summed E-state index contributed by atoms with van der Waals surface area (Å²) in [6.45, 7) is 3.14. The van der Waals surface area contributed by atoms with E-state index in [1.165, 1.54) is 25.1 Å². The fourth-order valence-electron chi connectivity index (χ4n) is 3.27. The van der Waals surface area contributed by atoms with Gasteiger partial charge in [-0.15, -0.1) is 0 Å². The third-order valence-electron chi connectivity index (χ3n) is 4.96. The summed E-state index contributed by atoms with van der Waals surface area (Å²) in [5, 5.41) is 3.17. The molecule has 1 saturated heterocycles. The quantitative estimate of drug-likeness (QED) is 0.710. The molecule has 4 rings (SSSR count). The van der Waals surface area contributed by atoms with Gasteiger partial charge in [-0.05, 0) is 37.1 Å². The van der Waals surface area contributed by atoms with Crippen molar-refractivity contribution >= 4 is 21.5 Å². The van der Waals surface area contributed by atoms with Gasteiger partial charge >= 0.3 is 0 Å². The number of nitrogens with one attached hydrogen (secondary N) is 2. The SMILES string of the molecule is O=S(=O)(Nc1ccc(F)c(F)c1)c1ccc(NCC2CN(C3CC3)CCO2)nc1. The molecule has 2 aromatic rings. The Bertz CT molecular complexity index is 968. The summed E-state index contributed by atoms with van der Waals surface area (Å²) in [4.78, 5) is 6.50. The Morgan fingerprint density at radius 3 is 2.69 bits per heavy atom. The van der Waals surface area contributed by atoms with Crippen molar-refractivity contribution in [3.05, 3.63) is 48.2 Å². The smallest absolute Gasteiger partial charge is 0.263 e. The number of ether oxygens (including phenoxy) is 1. The number of nitrogens with zero attached hydrogens (tertiary/aromatic N) is 2. The van der Waals surface area contributed by atoms with Crippen LogP contribution >= 0.6 is 0 Å². The number of pyridine rings is 1. The van der Waals surface area contributed by atoms with E-state index in [1.54, 1.807) is 6.07 Å². The maximum Gasteiger partial charge on any atom is 0.263 e. The van der Waals surface area contributed by atoms with E-state index in [1.807, 2.05) is 0 Å². The minimum Gasteiger partial charge on any atom is -0.374 e. The summed E-state index contributed by atoms with van der Waals surface area (Å²) >= 11 is 0. The van der Waals surface area contributed by atoms with Crippen molar-refractivity contribution in [3.8, 4) is 0 Å². The third kappa shape index (κ3) is 5.01. The van der Waals surface area contributed by atoms with Crippen LogP contribution in [-0.2, 0) is 14.8 Å². The van der Waals surface area contributed by atoms with Gasteiger partial charge in [-0.2, -0.15) is 0 Å². The van der Waals surface area contributed by atoms with Crippen LogP contribution in [-0.4, -0.2) is 56.7 Å². The van der Waals surface area contributed by atoms with E-state index in [9.17, 15) is 17.2 Å². The summed E-state index contributed by atoms with van der Waals surface area (Å²) in [5.74, 6) is -1.65. The highest BCUT2D eigenvalue weighted by Gasteiger charge is 2.32. The summed E-state index contributed by atoms with van der Waals surface area (Å²) in [7, 11) is -3.97. The molecule has 1 aliphatic carbocycles. The van der Waals surface area contributed by atoms with Crippen molar-refractivity contribution < 1.29 is 21.9 Å². The van der Waals surface area contributed by atoms with E-state index >= 15 is 0 Å². The van der Waals surface area contributed by atoms with E-state index in [-0.39, 0.29) is 16.7 Å². The van der Waals surface area contributed by atoms with Gasteiger partial charge in [0, 0.05) is 37.9 Å². The summed E-state index contributed by atoms with van der Waals surface area (Å²) in [6, 6.07) is 6.44. The minimum atomic E-state index is -3.97. The van der Waals surface area contributed by atoms with Gasteiger partial charge in [-0.25, -0.2) is 22.2 Å². The molecule has 7 nitrogen and oxygen atoms in total. The monoisotopic (exact) mass is 424 g/mol. The van der Waals surface area contributed by atoms with Crippen LogP contribution in [0, 0.1) is 11.6 Å². The van der Waals surface area contributed by atoms with Gasteiger partial charge in [-0.1, -0.05) is 0 Å². The standard InChI is InChI=1S/C19H22F2N4O3S/c20-17-5-1-13(9-18(17)21)24-29(26,27)16-4-6-19(23-11-16)22-10-15-12-25(7-8-28-15)14-2-3-14/h1,4-6,9,11,14-15,24H,2-3,7-8,10,12H2,(H,22,23). The van der Waals surface area contributed by atoms with Gasteiger partial charge in [0.1, 0.15) is 10.7 Å². The van der Waals surface area contributed by atoms with E-state index in [0.29, 0.717) is 25.0 Å². The molecule has 2 N–H and O–H groups in total. The molecule has 1 unspecified atom stereocenters. The number of hydrogen-bond donors (Lipinski definition) is 2. The van der Waals surface area contributed by atoms with Gasteiger partial charge in [-0.3, -0.25) is 9.62 Å². The molecule has 29 heavy (non-hydrogen) atoms. The van der Waals surface area contributed by atoms with Gasteiger partial charge in [0.15, 0.2) is 11.6 Å². The number of hydrogen-bond acceptors (Lipinski definition) is 6. The number of halogens is 2. The van der Waals surface area contributed by atoms with Crippen LogP contribution in [0.15, 0.2) is 41.4 Å². The van der Waals surface area contributed by atoms with Crippen LogP contribution < -0.4 is 10.0 Å². The highest BCUT2D eigenvalue weighted by atomic mass is 32.2. The average molecular weight is 424 g/mol.